The molecule has 3 heteroatoms. The first-order valence-corrected chi connectivity index (χ1v) is 7.40. The Morgan fingerprint density at radius 1 is 1.24 bits per heavy atom. The van der Waals surface area contributed by atoms with Crippen LogP contribution >= 0.6 is 0 Å². The first-order valence-electron chi connectivity index (χ1n) is 7.40. The molecule has 1 atom stereocenters. The van der Waals surface area contributed by atoms with Crippen molar-refractivity contribution in [2.75, 3.05) is 39.4 Å². The van der Waals surface area contributed by atoms with Crippen molar-refractivity contribution in [1.29, 1.82) is 0 Å². The van der Waals surface area contributed by atoms with Crippen molar-refractivity contribution in [2.45, 2.75) is 52.0 Å². The molecule has 1 saturated heterocycles. The van der Waals surface area contributed by atoms with E-state index in [-0.39, 0.29) is 0 Å². The van der Waals surface area contributed by atoms with E-state index in [1.54, 1.807) is 0 Å². The summed E-state index contributed by atoms with van der Waals surface area (Å²) in [6.07, 6.45) is 6.19. The first-order chi connectivity index (χ1) is 8.36. The maximum absolute atomic E-state index is 5.54. The Morgan fingerprint density at radius 2 is 2.12 bits per heavy atom. The lowest BCUT2D eigenvalue weighted by atomic mass is 10.1. The van der Waals surface area contributed by atoms with Gasteiger partial charge in [0.25, 0.3) is 0 Å². The van der Waals surface area contributed by atoms with Crippen LogP contribution in [-0.2, 0) is 4.74 Å². The van der Waals surface area contributed by atoms with Gasteiger partial charge >= 0.3 is 0 Å². The molecule has 0 bridgehead atoms. The van der Waals surface area contributed by atoms with Crippen molar-refractivity contribution in [1.82, 2.24) is 10.2 Å². The minimum absolute atomic E-state index is 0.707. The largest absolute Gasteiger partial charge is 0.381 e. The molecule has 1 unspecified atom stereocenters. The van der Waals surface area contributed by atoms with Crippen LogP contribution < -0.4 is 5.32 Å². The first kappa shape index (κ1) is 14.9. The number of hydrogen-bond donors (Lipinski definition) is 1. The summed E-state index contributed by atoms with van der Waals surface area (Å²) in [4.78, 5) is 2.61. The third kappa shape index (κ3) is 7.02. The number of ether oxygens (including phenoxy) is 1. The van der Waals surface area contributed by atoms with Gasteiger partial charge in [-0.15, -0.1) is 0 Å². The monoisotopic (exact) mass is 242 g/mol. The van der Waals surface area contributed by atoms with E-state index < -0.39 is 0 Å². The molecule has 0 radical (unpaired) electrons. The van der Waals surface area contributed by atoms with Crippen molar-refractivity contribution in [3.05, 3.63) is 0 Å². The molecule has 0 aromatic carbocycles. The second-order valence-corrected chi connectivity index (χ2v) is 5.06. The highest BCUT2D eigenvalue weighted by Gasteiger charge is 2.16. The van der Waals surface area contributed by atoms with Crippen LogP contribution in [0.25, 0.3) is 0 Å². The molecule has 0 aromatic heterocycles. The summed E-state index contributed by atoms with van der Waals surface area (Å²) in [6.45, 7) is 11.1. The summed E-state index contributed by atoms with van der Waals surface area (Å²) in [5, 5.41) is 3.65. The number of nitrogens with zero attached hydrogens (tertiary/aromatic N) is 1. The Hall–Kier alpha value is -0.120. The van der Waals surface area contributed by atoms with Gasteiger partial charge in [0.2, 0.25) is 0 Å². The maximum atomic E-state index is 5.54. The normalized spacial score (nSPS) is 22.6. The molecule has 3 nitrogen and oxygen atoms in total. The van der Waals surface area contributed by atoms with Gasteiger partial charge in [-0.1, -0.05) is 20.3 Å². The van der Waals surface area contributed by atoms with E-state index in [4.69, 9.17) is 4.74 Å². The van der Waals surface area contributed by atoms with E-state index in [0.717, 1.165) is 19.6 Å². The molecular formula is C14H30N2O. The lowest BCUT2D eigenvalue weighted by Crippen LogP contribution is -2.38. The average molecular weight is 242 g/mol. The molecule has 1 aliphatic heterocycles. The van der Waals surface area contributed by atoms with Crippen molar-refractivity contribution in [3.8, 4) is 0 Å². The zero-order chi connectivity index (χ0) is 12.3. The standard InChI is InChI=1S/C14H30N2O/c1-3-7-14-13-16(9-5-8-15-14)10-6-12-17-11-4-2/h14-15H,3-13H2,1-2H3. The predicted octanol–water partition coefficient (Wildman–Crippen LogP) is 2.27. The zero-order valence-corrected chi connectivity index (χ0v) is 11.7. The molecule has 1 fully saturated rings. The van der Waals surface area contributed by atoms with Crippen molar-refractivity contribution < 1.29 is 4.74 Å². The Morgan fingerprint density at radius 3 is 2.88 bits per heavy atom. The van der Waals surface area contributed by atoms with Gasteiger partial charge in [0, 0.05) is 32.3 Å². The summed E-state index contributed by atoms with van der Waals surface area (Å²) >= 11 is 0. The molecule has 17 heavy (non-hydrogen) atoms. The van der Waals surface area contributed by atoms with Gasteiger partial charge < -0.3 is 15.0 Å². The number of nitrogens with one attached hydrogen (secondary N) is 1. The Balaban J connectivity index is 2.12. The van der Waals surface area contributed by atoms with Gasteiger partial charge in [-0.25, -0.2) is 0 Å². The Kier molecular flexibility index (Phi) is 8.67. The van der Waals surface area contributed by atoms with Crippen LogP contribution in [0.3, 0.4) is 0 Å². The topological polar surface area (TPSA) is 24.5 Å². The molecule has 1 rings (SSSR count). The highest BCUT2D eigenvalue weighted by molar-refractivity contribution is 4.76. The molecule has 1 heterocycles. The van der Waals surface area contributed by atoms with Crippen LogP contribution in [0.15, 0.2) is 0 Å². The summed E-state index contributed by atoms with van der Waals surface area (Å²) in [5.41, 5.74) is 0. The molecule has 0 spiro atoms. The molecule has 1 aliphatic rings. The third-order valence-electron chi connectivity index (χ3n) is 3.31. The van der Waals surface area contributed by atoms with E-state index in [0.29, 0.717) is 6.04 Å². The van der Waals surface area contributed by atoms with Crippen molar-refractivity contribution in [2.24, 2.45) is 0 Å². The summed E-state index contributed by atoms with van der Waals surface area (Å²) in [7, 11) is 0. The quantitative estimate of drug-likeness (QED) is 0.661. The van der Waals surface area contributed by atoms with E-state index >= 15 is 0 Å². The third-order valence-corrected chi connectivity index (χ3v) is 3.31. The fraction of sp³-hybridized carbons (Fsp3) is 1.00. The van der Waals surface area contributed by atoms with E-state index in [1.807, 2.05) is 0 Å². The van der Waals surface area contributed by atoms with Crippen LogP contribution in [0.4, 0.5) is 0 Å². The second-order valence-electron chi connectivity index (χ2n) is 5.06. The molecular weight excluding hydrogens is 212 g/mol. The molecule has 1 N–H and O–H groups in total. The maximum Gasteiger partial charge on any atom is 0.0478 e. The van der Waals surface area contributed by atoms with E-state index in [2.05, 4.69) is 24.1 Å². The number of hydrogen-bond acceptors (Lipinski definition) is 3. The molecule has 102 valence electrons. The molecule has 0 aliphatic carbocycles. The lowest BCUT2D eigenvalue weighted by Gasteiger charge is -2.24. The van der Waals surface area contributed by atoms with Crippen LogP contribution in [0.5, 0.6) is 0 Å². The Bertz CT molecular complexity index is 176. The minimum Gasteiger partial charge on any atom is -0.381 e. The Labute approximate surface area is 107 Å². The molecule has 0 amide bonds. The van der Waals surface area contributed by atoms with Crippen LogP contribution in [-0.4, -0.2) is 50.3 Å². The van der Waals surface area contributed by atoms with Crippen LogP contribution in [0.2, 0.25) is 0 Å². The minimum atomic E-state index is 0.707. The number of rotatable bonds is 8. The van der Waals surface area contributed by atoms with E-state index in [9.17, 15) is 0 Å². The predicted molar refractivity (Wildman–Crippen MR) is 73.5 cm³/mol. The molecule has 0 saturated carbocycles. The molecule has 0 aromatic rings. The lowest BCUT2D eigenvalue weighted by molar-refractivity contribution is 0.120. The van der Waals surface area contributed by atoms with Crippen molar-refractivity contribution in [3.63, 3.8) is 0 Å². The fourth-order valence-electron chi connectivity index (χ4n) is 2.46. The van der Waals surface area contributed by atoms with Gasteiger partial charge in [0.05, 0.1) is 0 Å². The van der Waals surface area contributed by atoms with Crippen molar-refractivity contribution >= 4 is 0 Å². The van der Waals surface area contributed by atoms with Gasteiger partial charge in [-0.3, -0.25) is 0 Å². The summed E-state index contributed by atoms with van der Waals surface area (Å²) < 4.78 is 5.54. The van der Waals surface area contributed by atoms with Gasteiger partial charge in [-0.2, -0.15) is 0 Å². The van der Waals surface area contributed by atoms with Crippen LogP contribution in [0, 0.1) is 0 Å². The summed E-state index contributed by atoms with van der Waals surface area (Å²) in [6, 6.07) is 0.707. The second kappa shape index (κ2) is 9.86. The summed E-state index contributed by atoms with van der Waals surface area (Å²) in [5.74, 6) is 0. The SMILES string of the molecule is CCCOCCCN1CCCNC(CCC)C1. The van der Waals surface area contributed by atoms with E-state index in [1.165, 1.54) is 51.9 Å². The highest BCUT2D eigenvalue weighted by Crippen LogP contribution is 2.06. The zero-order valence-electron chi connectivity index (χ0n) is 11.7. The fourth-order valence-corrected chi connectivity index (χ4v) is 2.46. The highest BCUT2D eigenvalue weighted by atomic mass is 16.5. The smallest absolute Gasteiger partial charge is 0.0478 e. The van der Waals surface area contributed by atoms with Gasteiger partial charge in [0.1, 0.15) is 0 Å². The van der Waals surface area contributed by atoms with Crippen LogP contribution in [0.1, 0.15) is 46.0 Å². The van der Waals surface area contributed by atoms with Gasteiger partial charge in [0.15, 0.2) is 0 Å². The van der Waals surface area contributed by atoms with Gasteiger partial charge in [-0.05, 0) is 38.8 Å². The average Bonchev–Trinajstić information content (AvgIpc) is 2.55.